The summed E-state index contributed by atoms with van der Waals surface area (Å²) in [5.74, 6) is 0.661. The van der Waals surface area contributed by atoms with Crippen LogP contribution < -0.4 is 4.90 Å². The number of hydrogen-bond donors (Lipinski definition) is 0. The number of anilines is 1. The maximum atomic E-state index is 11.8. The van der Waals surface area contributed by atoms with Crippen molar-refractivity contribution in [3.05, 3.63) is 54.4 Å². The van der Waals surface area contributed by atoms with Crippen molar-refractivity contribution in [1.82, 2.24) is 19.4 Å². The van der Waals surface area contributed by atoms with Crippen LogP contribution in [-0.2, 0) is 4.74 Å². The second-order valence-electron chi connectivity index (χ2n) is 9.75. The van der Waals surface area contributed by atoms with Gasteiger partial charge in [-0.25, -0.2) is 9.31 Å². The summed E-state index contributed by atoms with van der Waals surface area (Å²) in [6, 6.07) is 14.1. The van der Waals surface area contributed by atoms with Gasteiger partial charge in [-0.2, -0.15) is 5.10 Å². The number of carbonyl (C=O) groups is 1. The van der Waals surface area contributed by atoms with Crippen LogP contribution in [0.25, 0.3) is 16.6 Å². The van der Waals surface area contributed by atoms with E-state index >= 15 is 0 Å². The molecule has 2 aromatic heterocycles. The first-order valence-electron chi connectivity index (χ1n) is 12.4. The number of methoxy groups -OCH3 is 1. The smallest absolute Gasteiger partial charge is 0.409 e. The molecule has 2 fully saturated rings. The van der Waals surface area contributed by atoms with Crippen molar-refractivity contribution in [3.63, 3.8) is 0 Å². The molecule has 7 nitrogen and oxygen atoms in total. The SMILES string of the molecule is COC(=O)N1CCN(c2ccnn3cc(-c4ccc(C5CCN(C(C)C)CC5)cc4)cc23)CC1. The van der Waals surface area contributed by atoms with Gasteiger partial charge in [0.15, 0.2) is 0 Å². The van der Waals surface area contributed by atoms with Gasteiger partial charge in [-0.15, -0.1) is 0 Å². The number of carbonyl (C=O) groups excluding carboxylic acids is 1. The fourth-order valence-electron chi connectivity index (χ4n) is 5.38. The Labute approximate surface area is 201 Å². The molecule has 2 saturated heterocycles. The maximum absolute atomic E-state index is 11.8. The van der Waals surface area contributed by atoms with E-state index in [0.717, 1.165) is 24.3 Å². The predicted octanol–water partition coefficient (Wildman–Crippen LogP) is 4.48. The second-order valence-corrected chi connectivity index (χ2v) is 9.75. The van der Waals surface area contributed by atoms with Crippen molar-refractivity contribution >= 4 is 17.3 Å². The maximum Gasteiger partial charge on any atom is 0.409 e. The van der Waals surface area contributed by atoms with E-state index in [1.54, 1.807) is 4.90 Å². The third kappa shape index (κ3) is 4.49. The fourth-order valence-corrected chi connectivity index (χ4v) is 5.38. The van der Waals surface area contributed by atoms with E-state index in [4.69, 9.17) is 4.74 Å². The van der Waals surface area contributed by atoms with Crippen LogP contribution in [0.3, 0.4) is 0 Å². The molecule has 0 radical (unpaired) electrons. The van der Waals surface area contributed by atoms with Gasteiger partial charge in [0.25, 0.3) is 0 Å². The zero-order valence-electron chi connectivity index (χ0n) is 20.5. The van der Waals surface area contributed by atoms with Gasteiger partial charge in [-0.05, 0) is 69.0 Å². The van der Waals surface area contributed by atoms with E-state index in [1.165, 1.54) is 49.7 Å². The predicted molar refractivity (Wildman–Crippen MR) is 136 cm³/mol. The number of ether oxygens (including phenoxy) is 1. The van der Waals surface area contributed by atoms with E-state index in [1.807, 2.05) is 10.7 Å². The summed E-state index contributed by atoms with van der Waals surface area (Å²) in [5, 5.41) is 4.55. The van der Waals surface area contributed by atoms with Gasteiger partial charge in [0, 0.05) is 50.2 Å². The van der Waals surface area contributed by atoms with Gasteiger partial charge in [-0.1, -0.05) is 24.3 Å². The van der Waals surface area contributed by atoms with Crippen molar-refractivity contribution < 1.29 is 9.53 Å². The molecular weight excluding hydrogens is 426 g/mol. The molecule has 0 atom stereocenters. The highest BCUT2D eigenvalue weighted by molar-refractivity contribution is 5.80. The summed E-state index contributed by atoms with van der Waals surface area (Å²) >= 11 is 0. The Kier molecular flexibility index (Phi) is 6.46. The first-order chi connectivity index (χ1) is 16.5. The number of piperidine rings is 1. The molecule has 0 bridgehead atoms. The molecule has 0 aliphatic carbocycles. The molecular formula is C27H35N5O2. The summed E-state index contributed by atoms with van der Waals surface area (Å²) in [5.41, 5.74) is 6.09. The lowest BCUT2D eigenvalue weighted by Crippen LogP contribution is -2.48. The van der Waals surface area contributed by atoms with Crippen LogP contribution in [0.4, 0.5) is 10.5 Å². The van der Waals surface area contributed by atoms with Crippen molar-refractivity contribution in [2.75, 3.05) is 51.3 Å². The van der Waals surface area contributed by atoms with E-state index < -0.39 is 0 Å². The van der Waals surface area contributed by atoms with E-state index in [0.29, 0.717) is 25.0 Å². The van der Waals surface area contributed by atoms with Crippen LogP contribution in [-0.4, -0.2) is 77.9 Å². The van der Waals surface area contributed by atoms with Crippen molar-refractivity contribution in [1.29, 1.82) is 0 Å². The molecule has 1 amide bonds. The van der Waals surface area contributed by atoms with Crippen LogP contribution in [0, 0.1) is 0 Å². The molecule has 180 valence electrons. The Balaban J connectivity index is 1.31. The van der Waals surface area contributed by atoms with Gasteiger partial charge in [0.2, 0.25) is 0 Å². The summed E-state index contributed by atoms with van der Waals surface area (Å²) in [4.78, 5) is 18.5. The topological polar surface area (TPSA) is 53.3 Å². The van der Waals surface area contributed by atoms with E-state index in [9.17, 15) is 4.79 Å². The Bertz CT molecular complexity index is 1120. The zero-order chi connectivity index (χ0) is 23.7. The van der Waals surface area contributed by atoms with Crippen molar-refractivity contribution in [3.8, 4) is 11.1 Å². The molecule has 1 aromatic carbocycles. The van der Waals surface area contributed by atoms with Crippen LogP contribution in [0.2, 0.25) is 0 Å². The van der Waals surface area contributed by atoms with Gasteiger partial charge in [-0.3, -0.25) is 0 Å². The standard InChI is InChI=1S/C27H35N5O2/c1-20(2)29-12-9-23(10-13-29)21-4-6-22(7-5-21)24-18-26-25(8-11-28-32(26)19-24)30-14-16-31(17-15-30)27(33)34-3/h4-8,11,18-20,23H,9-10,12-17H2,1-3H3. The van der Waals surface area contributed by atoms with Gasteiger partial charge in [0.1, 0.15) is 0 Å². The summed E-state index contributed by atoms with van der Waals surface area (Å²) in [6.07, 6.45) is 6.19. The Hall–Kier alpha value is -3.06. The molecule has 0 unspecified atom stereocenters. The van der Waals surface area contributed by atoms with E-state index in [2.05, 4.69) is 71.3 Å². The highest BCUT2D eigenvalue weighted by Crippen LogP contribution is 2.32. The molecule has 2 aliphatic rings. The van der Waals surface area contributed by atoms with E-state index in [-0.39, 0.29) is 6.09 Å². The summed E-state index contributed by atoms with van der Waals surface area (Å²) in [6.45, 7) is 9.84. The lowest BCUT2D eigenvalue weighted by molar-refractivity contribution is 0.121. The minimum Gasteiger partial charge on any atom is -0.453 e. The number of likely N-dealkylation sites (tertiary alicyclic amines) is 1. The number of nitrogens with zero attached hydrogens (tertiary/aromatic N) is 5. The van der Waals surface area contributed by atoms with Gasteiger partial charge < -0.3 is 19.4 Å². The van der Waals surface area contributed by atoms with Crippen LogP contribution in [0.15, 0.2) is 48.8 Å². The average molecular weight is 462 g/mol. The average Bonchev–Trinajstić information content (AvgIpc) is 3.33. The number of piperazine rings is 1. The summed E-state index contributed by atoms with van der Waals surface area (Å²) < 4.78 is 6.83. The first-order valence-corrected chi connectivity index (χ1v) is 12.4. The Morgan fingerprint density at radius 2 is 1.68 bits per heavy atom. The number of fused-ring (bicyclic) bond motifs is 1. The highest BCUT2D eigenvalue weighted by Gasteiger charge is 2.24. The monoisotopic (exact) mass is 461 g/mol. The number of benzene rings is 1. The number of hydrogen-bond acceptors (Lipinski definition) is 5. The van der Waals surface area contributed by atoms with Crippen LogP contribution in [0.5, 0.6) is 0 Å². The quantitative estimate of drug-likeness (QED) is 0.574. The lowest BCUT2D eigenvalue weighted by Gasteiger charge is -2.35. The van der Waals surface area contributed by atoms with Crippen LogP contribution >= 0.6 is 0 Å². The molecule has 0 saturated carbocycles. The minimum absolute atomic E-state index is 0.251. The second kappa shape index (κ2) is 9.66. The molecule has 4 heterocycles. The molecule has 3 aromatic rings. The zero-order valence-corrected chi connectivity index (χ0v) is 20.5. The summed E-state index contributed by atoms with van der Waals surface area (Å²) in [7, 11) is 1.44. The first kappa shape index (κ1) is 22.7. The van der Waals surface area contributed by atoms with Gasteiger partial charge in [0.05, 0.1) is 18.3 Å². The largest absolute Gasteiger partial charge is 0.453 e. The number of rotatable bonds is 4. The minimum atomic E-state index is -0.251. The molecule has 2 aliphatic heterocycles. The van der Waals surface area contributed by atoms with Gasteiger partial charge >= 0.3 is 6.09 Å². The molecule has 34 heavy (non-hydrogen) atoms. The molecule has 0 spiro atoms. The van der Waals surface area contributed by atoms with Crippen molar-refractivity contribution in [2.45, 2.75) is 38.6 Å². The molecule has 5 rings (SSSR count). The normalized spacial score (nSPS) is 18.1. The van der Waals surface area contributed by atoms with Crippen molar-refractivity contribution in [2.24, 2.45) is 0 Å². The fraction of sp³-hybridized carbons (Fsp3) is 0.481. The molecule has 7 heteroatoms. The third-order valence-corrected chi connectivity index (χ3v) is 7.51. The highest BCUT2D eigenvalue weighted by atomic mass is 16.5. The molecule has 0 N–H and O–H groups in total. The number of aromatic nitrogens is 2. The number of amides is 1. The third-order valence-electron chi connectivity index (χ3n) is 7.51. The van der Waals surface area contributed by atoms with Crippen LogP contribution in [0.1, 0.15) is 38.2 Å². The Morgan fingerprint density at radius 3 is 2.32 bits per heavy atom. The lowest BCUT2D eigenvalue weighted by atomic mass is 9.88. The Morgan fingerprint density at radius 1 is 0.971 bits per heavy atom.